The summed E-state index contributed by atoms with van der Waals surface area (Å²) in [5.41, 5.74) is 2.75. The van der Waals surface area contributed by atoms with Gasteiger partial charge in [-0.1, -0.05) is 48.5 Å². The van der Waals surface area contributed by atoms with Crippen LogP contribution < -0.4 is 5.56 Å². The lowest BCUT2D eigenvalue weighted by molar-refractivity contribution is -0.140. The van der Waals surface area contributed by atoms with Crippen molar-refractivity contribution in [2.24, 2.45) is 7.05 Å². The van der Waals surface area contributed by atoms with Crippen LogP contribution >= 0.6 is 0 Å². The fourth-order valence-electron chi connectivity index (χ4n) is 7.03. The fraction of sp³-hybridized carbons (Fsp3) is 0.366. The van der Waals surface area contributed by atoms with Crippen molar-refractivity contribution in [3.8, 4) is 11.1 Å². The lowest BCUT2D eigenvalue weighted by Gasteiger charge is -2.43. The molecule has 1 aliphatic heterocycles. The zero-order valence-electron chi connectivity index (χ0n) is 30.7. The molecular weight excluding hydrogens is 719 g/mol. The van der Waals surface area contributed by atoms with E-state index in [0.717, 1.165) is 60.7 Å². The van der Waals surface area contributed by atoms with Gasteiger partial charge in [-0.25, -0.2) is 13.5 Å². The second kappa shape index (κ2) is 17.5. The van der Waals surface area contributed by atoms with Gasteiger partial charge in [0.2, 0.25) is 5.91 Å². The van der Waals surface area contributed by atoms with Gasteiger partial charge in [-0.3, -0.25) is 19.2 Å². The summed E-state index contributed by atoms with van der Waals surface area (Å²) in [5.74, 6) is -2.16. The molecule has 0 saturated carbocycles. The maximum atomic E-state index is 14.6. The summed E-state index contributed by atoms with van der Waals surface area (Å²) in [6, 6.07) is 17.7. The number of hydrogen-bond donors (Lipinski definition) is 0. The van der Waals surface area contributed by atoms with E-state index in [4.69, 9.17) is 4.74 Å². The van der Waals surface area contributed by atoms with E-state index in [0.29, 0.717) is 30.0 Å². The van der Waals surface area contributed by atoms with E-state index in [2.05, 4.69) is 15.1 Å². The molecule has 1 saturated heterocycles. The Morgan fingerprint density at radius 2 is 1.65 bits per heavy atom. The number of aryl methyl sites for hydroxylation is 3. The third kappa shape index (κ3) is 9.92. The van der Waals surface area contributed by atoms with E-state index in [1.807, 2.05) is 29.2 Å². The van der Waals surface area contributed by atoms with Crippen molar-refractivity contribution in [3.05, 3.63) is 141 Å². The van der Waals surface area contributed by atoms with Gasteiger partial charge in [0.25, 0.3) is 5.56 Å². The molecular formula is C41H43F5N6O3. The molecule has 1 fully saturated rings. The third-order valence-corrected chi connectivity index (χ3v) is 9.96. The molecule has 3 aromatic carbocycles. The van der Waals surface area contributed by atoms with E-state index < -0.39 is 28.9 Å². The SMILES string of the molecule is COCCN1CCCCC1N(Cc1ccc(-c2ccc(C(F)(F)F)cc2)cc1)C(=O)Cc1nn(Cc2cnn(C)c2)c(=O)cc1CCc1cccc(F)c1F. The molecule has 2 aromatic heterocycles. The number of carbonyl (C=O) groups is 1. The molecule has 1 unspecified atom stereocenters. The summed E-state index contributed by atoms with van der Waals surface area (Å²) < 4.78 is 76.4. The predicted octanol–water partition coefficient (Wildman–Crippen LogP) is 6.80. The van der Waals surface area contributed by atoms with Gasteiger partial charge in [-0.2, -0.15) is 23.4 Å². The monoisotopic (exact) mass is 762 g/mol. The molecule has 0 bridgehead atoms. The first-order valence-electron chi connectivity index (χ1n) is 18.2. The number of aromatic nitrogens is 4. The Balaban J connectivity index is 1.31. The predicted molar refractivity (Wildman–Crippen MR) is 197 cm³/mol. The number of methoxy groups -OCH3 is 1. The Bertz CT molecular complexity index is 2130. The van der Waals surface area contributed by atoms with Gasteiger partial charge >= 0.3 is 6.18 Å². The molecule has 14 heteroatoms. The fourth-order valence-corrected chi connectivity index (χ4v) is 7.03. The normalized spacial score (nSPS) is 15.0. The maximum Gasteiger partial charge on any atom is 0.416 e. The minimum Gasteiger partial charge on any atom is -0.383 e. The van der Waals surface area contributed by atoms with Gasteiger partial charge in [-0.05, 0) is 78.1 Å². The number of benzene rings is 3. The lowest BCUT2D eigenvalue weighted by atomic mass is 10.00. The summed E-state index contributed by atoms with van der Waals surface area (Å²) in [6.45, 7) is 2.20. The first kappa shape index (κ1) is 39.5. The van der Waals surface area contributed by atoms with E-state index in [-0.39, 0.29) is 50.0 Å². The summed E-state index contributed by atoms with van der Waals surface area (Å²) in [6.07, 6.45) is 1.36. The number of likely N-dealkylation sites (tertiary alicyclic amines) is 1. The van der Waals surface area contributed by atoms with E-state index in [9.17, 15) is 31.5 Å². The first-order chi connectivity index (χ1) is 26.4. The Hall–Kier alpha value is -5.21. The third-order valence-electron chi connectivity index (χ3n) is 9.96. The number of alkyl halides is 3. The van der Waals surface area contributed by atoms with Crippen LogP contribution in [-0.4, -0.2) is 68.2 Å². The van der Waals surface area contributed by atoms with Crippen LogP contribution in [0.25, 0.3) is 11.1 Å². The molecule has 3 heterocycles. The summed E-state index contributed by atoms with van der Waals surface area (Å²) in [7, 11) is 3.39. The molecule has 6 rings (SSSR count). The minimum absolute atomic E-state index is 0.0843. The van der Waals surface area contributed by atoms with Crippen LogP contribution in [0.4, 0.5) is 22.0 Å². The molecule has 1 aliphatic rings. The Kier molecular flexibility index (Phi) is 12.6. The Morgan fingerprint density at radius 1 is 0.945 bits per heavy atom. The molecule has 5 aromatic rings. The van der Waals surface area contributed by atoms with Crippen LogP contribution in [0.5, 0.6) is 0 Å². The standard InChI is InChI=1S/C41H43F5N6O3/c1-49-25-29(24-47-49)27-52-39(54)22-33(14-13-32-6-5-7-35(42)40(32)43)36(48-52)23-38(53)51(37-8-3-4-19-50(37)20-21-55-2)26-28-9-11-30(12-10-28)31-15-17-34(18-16-31)41(44,45)46/h5-7,9-12,15-18,22,24-25,37H,3-4,8,13-14,19-21,23,26-27H2,1-2H3. The van der Waals surface area contributed by atoms with Crippen LogP contribution in [-0.2, 0) is 55.1 Å². The number of amides is 1. The topological polar surface area (TPSA) is 85.5 Å². The summed E-state index contributed by atoms with van der Waals surface area (Å²) >= 11 is 0. The molecule has 0 spiro atoms. The average Bonchev–Trinajstić information content (AvgIpc) is 3.59. The molecule has 0 aliphatic carbocycles. The van der Waals surface area contributed by atoms with Gasteiger partial charge < -0.3 is 9.64 Å². The minimum atomic E-state index is -4.43. The van der Waals surface area contributed by atoms with Crippen LogP contribution in [0, 0.1) is 11.6 Å². The molecule has 0 radical (unpaired) electrons. The molecule has 55 heavy (non-hydrogen) atoms. The maximum absolute atomic E-state index is 14.6. The highest BCUT2D eigenvalue weighted by Gasteiger charge is 2.32. The zero-order valence-corrected chi connectivity index (χ0v) is 30.7. The van der Waals surface area contributed by atoms with Crippen molar-refractivity contribution >= 4 is 5.91 Å². The van der Waals surface area contributed by atoms with E-state index in [1.165, 1.54) is 35.0 Å². The second-order valence-corrected chi connectivity index (χ2v) is 13.8. The van der Waals surface area contributed by atoms with Gasteiger partial charge in [0.1, 0.15) is 0 Å². The Labute approximate surface area is 316 Å². The largest absolute Gasteiger partial charge is 0.416 e. The van der Waals surface area contributed by atoms with Crippen LogP contribution in [0.3, 0.4) is 0 Å². The van der Waals surface area contributed by atoms with Crippen molar-refractivity contribution < 1.29 is 31.5 Å². The van der Waals surface area contributed by atoms with Crippen molar-refractivity contribution in [1.82, 2.24) is 29.4 Å². The van der Waals surface area contributed by atoms with E-state index >= 15 is 0 Å². The smallest absolute Gasteiger partial charge is 0.383 e. The number of ether oxygens (including phenoxy) is 1. The zero-order chi connectivity index (χ0) is 39.1. The van der Waals surface area contributed by atoms with Crippen molar-refractivity contribution in [2.75, 3.05) is 26.8 Å². The quantitative estimate of drug-likeness (QED) is 0.116. The molecule has 9 nitrogen and oxygen atoms in total. The van der Waals surface area contributed by atoms with Crippen molar-refractivity contribution in [3.63, 3.8) is 0 Å². The highest BCUT2D eigenvalue weighted by molar-refractivity contribution is 5.79. The number of nitrogens with zero attached hydrogens (tertiary/aromatic N) is 6. The highest BCUT2D eigenvalue weighted by Crippen LogP contribution is 2.31. The van der Waals surface area contributed by atoms with Crippen LogP contribution in [0.15, 0.2) is 90.0 Å². The summed E-state index contributed by atoms with van der Waals surface area (Å²) in [5, 5.41) is 8.87. The van der Waals surface area contributed by atoms with Gasteiger partial charge in [0.05, 0.1) is 43.2 Å². The number of carbonyl (C=O) groups excluding carboxylic acids is 1. The van der Waals surface area contributed by atoms with Gasteiger partial charge in [0, 0.05) is 51.6 Å². The van der Waals surface area contributed by atoms with Crippen molar-refractivity contribution in [2.45, 2.75) is 64.0 Å². The molecule has 1 amide bonds. The first-order valence-corrected chi connectivity index (χ1v) is 18.2. The Morgan fingerprint density at radius 3 is 2.33 bits per heavy atom. The number of halogens is 5. The van der Waals surface area contributed by atoms with Crippen LogP contribution in [0.1, 0.15) is 52.8 Å². The molecule has 0 N–H and O–H groups in total. The van der Waals surface area contributed by atoms with Gasteiger partial charge in [0.15, 0.2) is 11.6 Å². The summed E-state index contributed by atoms with van der Waals surface area (Å²) in [4.78, 5) is 32.0. The van der Waals surface area contributed by atoms with E-state index in [1.54, 1.807) is 31.2 Å². The van der Waals surface area contributed by atoms with Crippen molar-refractivity contribution in [1.29, 1.82) is 0 Å². The van der Waals surface area contributed by atoms with Crippen LogP contribution in [0.2, 0.25) is 0 Å². The molecule has 290 valence electrons. The number of piperidine rings is 1. The van der Waals surface area contributed by atoms with Gasteiger partial charge in [-0.15, -0.1) is 0 Å². The second-order valence-electron chi connectivity index (χ2n) is 13.8. The molecule has 1 atom stereocenters. The average molecular weight is 763 g/mol. The highest BCUT2D eigenvalue weighted by atomic mass is 19.4. The number of hydrogen-bond acceptors (Lipinski definition) is 6. The lowest BCUT2D eigenvalue weighted by Crippen LogP contribution is -2.54. The number of rotatable bonds is 14.